The summed E-state index contributed by atoms with van der Waals surface area (Å²) in [7, 11) is 0. The lowest BCUT2D eigenvalue weighted by Crippen LogP contribution is -2.43. The van der Waals surface area contributed by atoms with Crippen LogP contribution in [0.25, 0.3) is 10.9 Å². The number of carbonyl (C=O) groups excluding carboxylic acids is 2. The van der Waals surface area contributed by atoms with Gasteiger partial charge in [0, 0.05) is 29.2 Å². The summed E-state index contributed by atoms with van der Waals surface area (Å²) in [6, 6.07) is 6.53. The highest BCUT2D eigenvalue weighted by Gasteiger charge is 2.42. The minimum atomic E-state index is -4.95. The summed E-state index contributed by atoms with van der Waals surface area (Å²) in [5, 5.41) is 0.229. The second-order valence-electron chi connectivity index (χ2n) is 6.82. The SMILES string of the molecule is Cc1c(C(=O)C(F)(F)F)c2ccccc2n1CC(=O)N1CCCC[C@@H]1C. The number of Topliss-reactive ketones (excluding diaryl/α,β-unsaturated/α-hetero) is 1. The number of piperidine rings is 1. The number of amides is 1. The van der Waals surface area contributed by atoms with E-state index >= 15 is 0 Å². The molecule has 1 atom stereocenters. The maximum atomic E-state index is 13.0. The monoisotopic (exact) mass is 366 g/mol. The fraction of sp³-hybridized carbons (Fsp3) is 0.474. The zero-order chi connectivity index (χ0) is 19.1. The number of aromatic nitrogens is 1. The predicted octanol–water partition coefficient (Wildman–Crippen LogP) is 4.10. The Bertz CT molecular complexity index is 854. The first-order valence-corrected chi connectivity index (χ1v) is 8.70. The minimum absolute atomic E-state index is 0.0676. The van der Waals surface area contributed by atoms with Crippen molar-refractivity contribution in [3.8, 4) is 0 Å². The van der Waals surface area contributed by atoms with Gasteiger partial charge in [-0.25, -0.2) is 0 Å². The van der Waals surface area contributed by atoms with Gasteiger partial charge in [0.1, 0.15) is 6.54 Å². The second kappa shape index (κ2) is 6.78. The molecular formula is C19H21F3N2O2. The van der Waals surface area contributed by atoms with Gasteiger partial charge in [-0.05, 0) is 39.2 Å². The van der Waals surface area contributed by atoms with Crippen LogP contribution in [0.1, 0.15) is 42.2 Å². The Morgan fingerprint density at radius 2 is 1.88 bits per heavy atom. The predicted molar refractivity (Wildman–Crippen MR) is 92.1 cm³/mol. The highest BCUT2D eigenvalue weighted by molar-refractivity contribution is 6.12. The Morgan fingerprint density at radius 1 is 1.19 bits per heavy atom. The Balaban J connectivity index is 2.03. The molecule has 7 heteroatoms. The lowest BCUT2D eigenvalue weighted by atomic mass is 10.0. The summed E-state index contributed by atoms with van der Waals surface area (Å²) in [5.41, 5.74) is 0.273. The number of rotatable bonds is 3. The standard InChI is InChI=1S/C19H21F3N2O2/c1-12-7-5-6-10-23(12)16(25)11-24-13(2)17(18(26)19(20,21)22)14-8-3-4-9-15(14)24/h3-4,8-9,12H,5-7,10-11H2,1-2H3/t12-/m0/s1. The normalized spacial score (nSPS) is 18.3. The van der Waals surface area contributed by atoms with Crippen LogP contribution in [0, 0.1) is 6.92 Å². The maximum absolute atomic E-state index is 13.0. The van der Waals surface area contributed by atoms with Crippen molar-refractivity contribution in [3.63, 3.8) is 0 Å². The fourth-order valence-electron chi connectivity index (χ4n) is 3.76. The average Bonchev–Trinajstić information content (AvgIpc) is 2.86. The van der Waals surface area contributed by atoms with Crippen LogP contribution in [0.15, 0.2) is 24.3 Å². The molecule has 2 heterocycles. The molecule has 4 nitrogen and oxygen atoms in total. The number of para-hydroxylation sites is 1. The first kappa shape index (κ1) is 18.5. The van der Waals surface area contributed by atoms with E-state index in [1.807, 2.05) is 6.92 Å². The lowest BCUT2D eigenvalue weighted by Gasteiger charge is -2.33. The minimum Gasteiger partial charge on any atom is -0.338 e. The van der Waals surface area contributed by atoms with E-state index in [2.05, 4.69) is 0 Å². The average molecular weight is 366 g/mol. The van der Waals surface area contributed by atoms with Crippen molar-refractivity contribution in [1.82, 2.24) is 9.47 Å². The molecule has 0 N–H and O–H groups in total. The molecular weight excluding hydrogens is 345 g/mol. The smallest absolute Gasteiger partial charge is 0.338 e. The van der Waals surface area contributed by atoms with Crippen LogP contribution in [0.2, 0.25) is 0 Å². The van der Waals surface area contributed by atoms with Crippen LogP contribution in [0.3, 0.4) is 0 Å². The van der Waals surface area contributed by atoms with Gasteiger partial charge in [-0.3, -0.25) is 9.59 Å². The molecule has 0 spiro atoms. The van der Waals surface area contributed by atoms with Crippen LogP contribution < -0.4 is 0 Å². The number of carbonyl (C=O) groups is 2. The molecule has 1 saturated heterocycles. The summed E-state index contributed by atoms with van der Waals surface area (Å²) in [6.45, 7) is 4.04. The van der Waals surface area contributed by atoms with E-state index in [1.54, 1.807) is 23.1 Å². The third-order valence-electron chi connectivity index (χ3n) is 5.13. The van der Waals surface area contributed by atoms with Crippen molar-refractivity contribution < 1.29 is 22.8 Å². The van der Waals surface area contributed by atoms with Gasteiger partial charge in [0.2, 0.25) is 5.91 Å². The van der Waals surface area contributed by atoms with E-state index in [0.29, 0.717) is 12.1 Å². The number of benzene rings is 1. The first-order valence-electron chi connectivity index (χ1n) is 8.70. The van der Waals surface area contributed by atoms with Gasteiger partial charge >= 0.3 is 6.18 Å². The van der Waals surface area contributed by atoms with E-state index in [9.17, 15) is 22.8 Å². The molecule has 0 saturated carbocycles. The second-order valence-corrected chi connectivity index (χ2v) is 6.82. The van der Waals surface area contributed by atoms with Crippen LogP contribution in [-0.2, 0) is 11.3 Å². The topological polar surface area (TPSA) is 42.3 Å². The van der Waals surface area contributed by atoms with Gasteiger partial charge in [-0.15, -0.1) is 0 Å². The molecule has 1 fully saturated rings. The van der Waals surface area contributed by atoms with Crippen molar-refractivity contribution >= 4 is 22.6 Å². The van der Waals surface area contributed by atoms with E-state index in [1.165, 1.54) is 17.6 Å². The summed E-state index contributed by atoms with van der Waals surface area (Å²) in [6.07, 6.45) is -2.03. The number of nitrogens with zero attached hydrogens (tertiary/aromatic N) is 2. The number of hydrogen-bond acceptors (Lipinski definition) is 2. The van der Waals surface area contributed by atoms with Crippen molar-refractivity contribution in [3.05, 3.63) is 35.5 Å². The summed E-state index contributed by atoms with van der Waals surface area (Å²) in [4.78, 5) is 26.4. The van der Waals surface area contributed by atoms with Crippen LogP contribution in [0.4, 0.5) is 13.2 Å². The van der Waals surface area contributed by atoms with Crippen LogP contribution in [0.5, 0.6) is 0 Å². The summed E-state index contributed by atoms with van der Waals surface area (Å²) >= 11 is 0. The first-order chi connectivity index (χ1) is 12.2. The summed E-state index contributed by atoms with van der Waals surface area (Å²) < 4.78 is 40.6. The molecule has 1 aliphatic heterocycles. The molecule has 1 aromatic heterocycles. The van der Waals surface area contributed by atoms with Crippen LogP contribution in [-0.4, -0.2) is 39.9 Å². The van der Waals surface area contributed by atoms with E-state index in [-0.39, 0.29) is 35.1 Å². The number of hydrogen-bond donors (Lipinski definition) is 0. The Morgan fingerprint density at radius 3 is 2.54 bits per heavy atom. The lowest BCUT2D eigenvalue weighted by molar-refractivity contribution is -0.135. The Labute approximate surface area is 149 Å². The van der Waals surface area contributed by atoms with Gasteiger partial charge in [-0.1, -0.05) is 18.2 Å². The van der Waals surface area contributed by atoms with Crippen LogP contribution >= 0.6 is 0 Å². The largest absolute Gasteiger partial charge is 0.454 e. The van der Waals surface area contributed by atoms with Crippen molar-refractivity contribution in [2.24, 2.45) is 0 Å². The molecule has 3 rings (SSSR count). The molecule has 0 aliphatic carbocycles. The molecule has 2 aromatic rings. The Kier molecular flexibility index (Phi) is 4.82. The molecule has 1 aromatic carbocycles. The van der Waals surface area contributed by atoms with Crippen molar-refractivity contribution in [2.75, 3.05) is 6.54 Å². The molecule has 0 bridgehead atoms. The quantitative estimate of drug-likeness (QED) is 0.768. The fourth-order valence-corrected chi connectivity index (χ4v) is 3.76. The van der Waals surface area contributed by atoms with Crippen molar-refractivity contribution in [2.45, 2.75) is 51.9 Å². The molecule has 26 heavy (non-hydrogen) atoms. The number of fused-ring (bicyclic) bond motifs is 1. The number of alkyl halides is 3. The number of likely N-dealkylation sites (tertiary alicyclic amines) is 1. The highest BCUT2D eigenvalue weighted by Crippen LogP contribution is 2.32. The molecule has 140 valence electrons. The van der Waals surface area contributed by atoms with E-state index in [0.717, 1.165) is 19.3 Å². The van der Waals surface area contributed by atoms with Gasteiger partial charge in [0.15, 0.2) is 0 Å². The molecule has 0 unspecified atom stereocenters. The van der Waals surface area contributed by atoms with E-state index in [4.69, 9.17) is 0 Å². The molecule has 1 amide bonds. The maximum Gasteiger partial charge on any atom is 0.454 e. The zero-order valence-corrected chi connectivity index (χ0v) is 14.8. The third-order valence-corrected chi connectivity index (χ3v) is 5.13. The third kappa shape index (κ3) is 3.22. The number of halogens is 3. The highest BCUT2D eigenvalue weighted by atomic mass is 19.4. The molecule has 1 aliphatic rings. The van der Waals surface area contributed by atoms with Crippen molar-refractivity contribution in [1.29, 1.82) is 0 Å². The molecule has 0 radical (unpaired) electrons. The van der Waals surface area contributed by atoms with E-state index < -0.39 is 12.0 Å². The van der Waals surface area contributed by atoms with Gasteiger partial charge < -0.3 is 9.47 Å². The van der Waals surface area contributed by atoms with Gasteiger partial charge in [-0.2, -0.15) is 13.2 Å². The Hall–Kier alpha value is -2.31. The van der Waals surface area contributed by atoms with Gasteiger partial charge in [0.05, 0.1) is 5.56 Å². The number of ketones is 1. The summed E-state index contributed by atoms with van der Waals surface area (Å²) in [5.74, 6) is -2.00. The zero-order valence-electron chi connectivity index (χ0n) is 14.8. The van der Waals surface area contributed by atoms with Gasteiger partial charge in [0.25, 0.3) is 5.78 Å².